The number of hydrogen-bond donors (Lipinski definition) is 0. The molecule has 0 unspecified atom stereocenters. The fourth-order valence-corrected chi connectivity index (χ4v) is 8.68. The standard InChI is InChI=1S/C51H27N3O4/c1-4-17-39-31(12-1)37-26-46-38(27-45(37)57-39)36-25-29(22-23-42(36)58-46)28-10-7-11-30(24-28)49-52-50(34-15-8-20-43-47(34)32-13-2-5-18-40(32)55-43)54-51(53-49)35-16-9-21-44-48(35)33-14-3-6-19-41(33)56-44/h1-27H. The Morgan fingerprint density at radius 1 is 0.259 bits per heavy atom. The van der Waals surface area contributed by atoms with Crippen molar-refractivity contribution in [2.24, 2.45) is 0 Å². The zero-order valence-electron chi connectivity index (χ0n) is 30.6. The molecule has 0 saturated heterocycles. The summed E-state index contributed by atoms with van der Waals surface area (Å²) < 4.78 is 25.2. The molecule has 13 rings (SSSR count). The fraction of sp³-hybridized carbons (Fsp3) is 0. The third-order valence-electron chi connectivity index (χ3n) is 11.3. The van der Waals surface area contributed by atoms with E-state index in [-0.39, 0.29) is 0 Å². The maximum Gasteiger partial charge on any atom is 0.164 e. The van der Waals surface area contributed by atoms with Crippen LogP contribution in [-0.2, 0) is 0 Å². The highest BCUT2D eigenvalue weighted by Crippen LogP contribution is 2.41. The zero-order chi connectivity index (χ0) is 37.9. The Kier molecular flexibility index (Phi) is 6.32. The summed E-state index contributed by atoms with van der Waals surface area (Å²) in [4.78, 5) is 15.7. The third-order valence-corrected chi connectivity index (χ3v) is 11.3. The van der Waals surface area contributed by atoms with E-state index >= 15 is 0 Å². The van der Waals surface area contributed by atoms with Crippen LogP contribution in [-0.4, -0.2) is 15.0 Å². The number of furan rings is 4. The van der Waals surface area contributed by atoms with Gasteiger partial charge in [0.1, 0.15) is 44.7 Å². The summed E-state index contributed by atoms with van der Waals surface area (Å²) in [7, 11) is 0. The summed E-state index contributed by atoms with van der Waals surface area (Å²) in [6.45, 7) is 0. The molecule has 0 amide bonds. The van der Waals surface area contributed by atoms with E-state index in [4.69, 9.17) is 32.6 Å². The van der Waals surface area contributed by atoms with Gasteiger partial charge in [0.15, 0.2) is 17.5 Å². The van der Waals surface area contributed by atoms with E-state index in [1.807, 2.05) is 84.9 Å². The van der Waals surface area contributed by atoms with Crippen molar-refractivity contribution in [3.8, 4) is 45.3 Å². The van der Waals surface area contributed by atoms with Crippen LogP contribution in [0.1, 0.15) is 0 Å². The smallest absolute Gasteiger partial charge is 0.164 e. The molecule has 8 aromatic carbocycles. The minimum atomic E-state index is 0.551. The van der Waals surface area contributed by atoms with Gasteiger partial charge in [0.2, 0.25) is 0 Å². The van der Waals surface area contributed by atoms with Gasteiger partial charge >= 0.3 is 0 Å². The SMILES string of the molecule is c1cc(-c2ccc3oc4cc5c(cc4c3c2)oc2ccccc25)cc(-c2nc(-c3cccc4oc5ccccc5c34)nc(-c3cccc4oc5ccccc5c34)n2)c1. The molecule has 5 aromatic heterocycles. The number of nitrogens with zero attached hydrogens (tertiary/aromatic N) is 3. The molecule has 0 aliphatic rings. The molecule has 0 aliphatic carbocycles. The van der Waals surface area contributed by atoms with Crippen molar-refractivity contribution in [3.05, 3.63) is 164 Å². The van der Waals surface area contributed by atoms with Crippen LogP contribution in [0.4, 0.5) is 0 Å². The maximum atomic E-state index is 6.39. The molecule has 0 fully saturated rings. The molecule has 0 saturated carbocycles. The molecular formula is C51H27N3O4. The van der Waals surface area contributed by atoms with Gasteiger partial charge in [-0.1, -0.05) is 103 Å². The molecule has 5 heterocycles. The minimum absolute atomic E-state index is 0.551. The molecule has 7 heteroatoms. The molecule has 270 valence electrons. The predicted molar refractivity (Wildman–Crippen MR) is 231 cm³/mol. The van der Waals surface area contributed by atoms with Gasteiger partial charge in [-0.2, -0.15) is 0 Å². The van der Waals surface area contributed by atoms with E-state index in [0.29, 0.717) is 17.5 Å². The number of benzene rings is 8. The van der Waals surface area contributed by atoms with Gasteiger partial charge < -0.3 is 17.7 Å². The van der Waals surface area contributed by atoms with Gasteiger partial charge in [0, 0.05) is 59.8 Å². The molecule has 0 aliphatic heterocycles. The van der Waals surface area contributed by atoms with E-state index in [1.165, 1.54) is 0 Å². The normalized spacial score (nSPS) is 12.1. The summed E-state index contributed by atoms with van der Waals surface area (Å²) in [6.07, 6.45) is 0. The van der Waals surface area contributed by atoms with Gasteiger partial charge in [-0.05, 0) is 71.8 Å². The largest absolute Gasteiger partial charge is 0.456 e. The average molecular weight is 746 g/mol. The lowest BCUT2D eigenvalue weighted by Gasteiger charge is -2.11. The number of para-hydroxylation sites is 3. The van der Waals surface area contributed by atoms with Gasteiger partial charge in [-0.25, -0.2) is 15.0 Å². The van der Waals surface area contributed by atoms with Crippen molar-refractivity contribution in [2.45, 2.75) is 0 Å². The van der Waals surface area contributed by atoms with Crippen molar-refractivity contribution >= 4 is 87.8 Å². The molecule has 58 heavy (non-hydrogen) atoms. The second-order valence-electron chi connectivity index (χ2n) is 14.7. The van der Waals surface area contributed by atoms with Gasteiger partial charge in [-0.15, -0.1) is 0 Å². The number of rotatable bonds is 4. The second-order valence-corrected chi connectivity index (χ2v) is 14.7. The first kappa shape index (κ1) is 31.2. The molecule has 13 aromatic rings. The van der Waals surface area contributed by atoms with Crippen LogP contribution in [0, 0.1) is 0 Å². The van der Waals surface area contributed by atoms with Crippen LogP contribution in [0.2, 0.25) is 0 Å². The van der Waals surface area contributed by atoms with E-state index in [9.17, 15) is 0 Å². The lowest BCUT2D eigenvalue weighted by atomic mass is 10.00. The first-order chi connectivity index (χ1) is 28.7. The number of hydrogen-bond acceptors (Lipinski definition) is 7. The molecule has 0 N–H and O–H groups in total. The molecule has 0 atom stereocenters. The Bertz CT molecular complexity index is 3700. The van der Waals surface area contributed by atoms with Crippen molar-refractivity contribution in [2.75, 3.05) is 0 Å². The van der Waals surface area contributed by atoms with Crippen LogP contribution < -0.4 is 0 Å². The summed E-state index contributed by atoms with van der Waals surface area (Å²) in [5.74, 6) is 1.66. The van der Waals surface area contributed by atoms with E-state index in [1.54, 1.807) is 0 Å². The topological polar surface area (TPSA) is 91.2 Å². The Morgan fingerprint density at radius 2 is 0.690 bits per heavy atom. The quantitative estimate of drug-likeness (QED) is 0.177. The van der Waals surface area contributed by atoms with E-state index in [2.05, 4.69) is 78.9 Å². The first-order valence-corrected chi connectivity index (χ1v) is 19.2. The van der Waals surface area contributed by atoms with Crippen molar-refractivity contribution in [3.63, 3.8) is 0 Å². The average Bonchev–Trinajstić information content (AvgIpc) is 4.05. The molecule has 0 bridgehead atoms. The molecule has 0 spiro atoms. The third kappa shape index (κ3) is 4.58. The van der Waals surface area contributed by atoms with E-state index in [0.717, 1.165) is 116 Å². The van der Waals surface area contributed by atoms with Crippen LogP contribution in [0.25, 0.3) is 133 Å². The number of aromatic nitrogens is 3. The zero-order valence-corrected chi connectivity index (χ0v) is 30.6. The first-order valence-electron chi connectivity index (χ1n) is 19.2. The van der Waals surface area contributed by atoms with Crippen LogP contribution in [0.3, 0.4) is 0 Å². The summed E-state index contributed by atoms with van der Waals surface area (Å²) in [6, 6.07) is 55.2. The monoisotopic (exact) mass is 745 g/mol. The summed E-state index contributed by atoms with van der Waals surface area (Å²) in [5.41, 5.74) is 11.2. The Balaban J connectivity index is 1.00. The minimum Gasteiger partial charge on any atom is -0.456 e. The van der Waals surface area contributed by atoms with Crippen molar-refractivity contribution < 1.29 is 17.7 Å². The van der Waals surface area contributed by atoms with Crippen molar-refractivity contribution in [1.82, 2.24) is 15.0 Å². The summed E-state index contributed by atoms with van der Waals surface area (Å²) in [5, 5.41) is 8.07. The molecule has 7 nitrogen and oxygen atoms in total. The lowest BCUT2D eigenvalue weighted by molar-refractivity contribution is 0.664. The van der Waals surface area contributed by atoms with Gasteiger partial charge in [-0.3, -0.25) is 0 Å². The van der Waals surface area contributed by atoms with Gasteiger partial charge in [0.05, 0.1) is 0 Å². The highest BCUT2D eigenvalue weighted by molar-refractivity contribution is 6.16. The molecule has 0 radical (unpaired) electrons. The second kappa shape index (κ2) is 11.7. The highest BCUT2D eigenvalue weighted by atomic mass is 16.3. The summed E-state index contributed by atoms with van der Waals surface area (Å²) >= 11 is 0. The Hall–Kier alpha value is -8.03. The van der Waals surface area contributed by atoms with E-state index < -0.39 is 0 Å². The highest BCUT2D eigenvalue weighted by Gasteiger charge is 2.21. The lowest BCUT2D eigenvalue weighted by Crippen LogP contribution is -2.01. The van der Waals surface area contributed by atoms with Crippen LogP contribution in [0.5, 0.6) is 0 Å². The predicted octanol–water partition coefficient (Wildman–Crippen LogP) is 14.1. The Labute approximate surface area is 328 Å². The fourth-order valence-electron chi connectivity index (χ4n) is 8.68. The van der Waals surface area contributed by atoms with Crippen LogP contribution >= 0.6 is 0 Å². The number of fused-ring (bicyclic) bond motifs is 12. The maximum absolute atomic E-state index is 6.39. The van der Waals surface area contributed by atoms with Crippen molar-refractivity contribution in [1.29, 1.82) is 0 Å². The van der Waals surface area contributed by atoms with Crippen LogP contribution in [0.15, 0.2) is 181 Å². The van der Waals surface area contributed by atoms with Gasteiger partial charge in [0.25, 0.3) is 0 Å². The Morgan fingerprint density at radius 3 is 1.33 bits per heavy atom. The molecular weight excluding hydrogens is 719 g/mol.